The molecule has 0 saturated carbocycles. The number of benzene rings is 4. The molecule has 0 fully saturated rings. The summed E-state index contributed by atoms with van der Waals surface area (Å²) < 4.78 is 5.41. The van der Waals surface area contributed by atoms with Crippen molar-refractivity contribution in [2.45, 2.75) is 26.7 Å². The predicted octanol–water partition coefficient (Wildman–Crippen LogP) is 7.09. The lowest BCUT2D eigenvalue weighted by Gasteiger charge is -2.14. The Bertz CT molecular complexity index is 1880. The van der Waals surface area contributed by atoms with Gasteiger partial charge in [0.1, 0.15) is 11.6 Å². The van der Waals surface area contributed by atoms with Crippen molar-refractivity contribution in [2.75, 3.05) is 0 Å². The molecule has 2 heterocycles. The van der Waals surface area contributed by atoms with Crippen LogP contribution in [-0.2, 0) is 12.8 Å². The number of halogens is 2. The topological polar surface area (TPSA) is 69.8 Å². The Morgan fingerprint density at radius 3 is 1.30 bits per heavy atom. The molecule has 0 aliphatic rings. The van der Waals surface area contributed by atoms with E-state index in [1.165, 1.54) is 0 Å². The smallest absolute Gasteiger partial charge is 0.266 e. The third-order valence-corrected chi connectivity index (χ3v) is 8.36. The van der Waals surface area contributed by atoms with Crippen molar-refractivity contribution in [3.63, 3.8) is 0 Å². The number of nitrogens with zero attached hydrogens (tertiary/aromatic N) is 4. The second kappa shape index (κ2) is 10.9. The lowest BCUT2D eigenvalue weighted by molar-refractivity contribution is 0.833. The maximum absolute atomic E-state index is 13.5. The first-order valence-electron chi connectivity index (χ1n) is 13.0. The summed E-state index contributed by atoms with van der Waals surface area (Å²) in [5.74, 6) is 1.46. The van der Waals surface area contributed by atoms with E-state index in [0.29, 0.717) is 23.6 Å². The fourth-order valence-electron chi connectivity index (χ4n) is 5.02. The van der Waals surface area contributed by atoms with Gasteiger partial charge in [0.15, 0.2) is 0 Å². The van der Waals surface area contributed by atoms with Gasteiger partial charge in [-0.1, -0.05) is 38.1 Å². The highest BCUT2D eigenvalue weighted by molar-refractivity contribution is 14.1. The molecule has 0 aliphatic carbocycles. The Morgan fingerprint density at radius 2 is 0.950 bits per heavy atom. The SMILES string of the molecule is CCc1nc2ccc(I)cc2c(=O)n1-c1ccc(-c2ccc(-n3c(CC)nc4ccc(I)cc4c3=O)cc2)cc1. The van der Waals surface area contributed by atoms with Gasteiger partial charge in [-0.15, -0.1) is 0 Å². The maximum atomic E-state index is 13.5. The molecule has 4 aromatic carbocycles. The van der Waals surface area contributed by atoms with Gasteiger partial charge in [-0.25, -0.2) is 9.97 Å². The Kier molecular flexibility index (Phi) is 7.30. The molecule has 0 amide bonds. The van der Waals surface area contributed by atoms with Gasteiger partial charge in [-0.05, 0) is 117 Å². The van der Waals surface area contributed by atoms with Crippen LogP contribution in [0.2, 0.25) is 0 Å². The highest BCUT2D eigenvalue weighted by atomic mass is 127. The standard InChI is InChI=1S/C32H24I2N4O2/c1-3-29-35-27-15-9-21(33)17-25(27)31(39)37(29)23-11-5-19(6-12-23)20-7-13-24(14-8-20)38-30(4-2)36-28-16-10-22(34)18-26(28)32(38)40/h5-18H,3-4H2,1-2H3. The maximum Gasteiger partial charge on any atom is 0.266 e. The highest BCUT2D eigenvalue weighted by Crippen LogP contribution is 2.24. The predicted molar refractivity (Wildman–Crippen MR) is 178 cm³/mol. The first-order chi connectivity index (χ1) is 19.4. The summed E-state index contributed by atoms with van der Waals surface area (Å²) in [5, 5.41) is 1.23. The van der Waals surface area contributed by atoms with Crippen molar-refractivity contribution in [1.29, 1.82) is 0 Å². The van der Waals surface area contributed by atoms with Crippen LogP contribution in [0, 0.1) is 7.14 Å². The first-order valence-corrected chi connectivity index (χ1v) is 15.2. The van der Waals surface area contributed by atoms with E-state index in [1.807, 2.05) is 98.8 Å². The summed E-state index contributed by atoms with van der Waals surface area (Å²) in [5.41, 5.74) is 4.91. The number of rotatable bonds is 5. The van der Waals surface area contributed by atoms with Crippen molar-refractivity contribution in [3.05, 3.63) is 124 Å². The van der Waals surface area contributed by atoms with Crippen LogP contribution in [0.25, 0.3) is 44.3 Å². The zero-order valence-electron chi connectivity index (χ0n) is 21.9. The zero-order chi connectivity index (χ0) is 28.0. The van der Waals surface area contributed by atoms with E-state index in [9.17, 15) is 9.59 Å². The number of hydrogen-bond acceptors (Lipinski definition) is 4. The molecule has 198 valence electrons. The van der Waals surface area contributed by atoms with Gasteiger partial charge < -0.3 is 0 Å². The van der Waals surface area contributed by atoms with Gasteiger partial charge >= 0.3 is 0 Å². The van der Waals surface area contributed by atoms with Gasteiger partial charge in [0.05, 0.1) is 33.2 Å². The van der Waals surface area contributed by atoms with E-state index < -0.39 is 0 Å². The highest BCUT2D eigenvalue weighted by Gasteiger charge is 2.14. The second-order valence-corrected chi connectivity index (χ2v) is 12.0. The van der Waals surface area contributed by atoms with Crippen molar-refractivity contribution in [2.24, 2.45) is 0 Å². The minimum Gasteiger partial charge on any atom is -0.268 e. The van der Waals surface area contributed by atoms with Crippen LogP contribution in [-0.4, -0.2) is 19.1 Å². The average Bonchev–Trinajstić information content (AvgIpc) is 2.98. The molecule has 0 atom stereocenters. The van der Waals surface area contributed by atoms with Crippen molar-refractivity contribution < 1.29 is 0 Å². The van der Waals surface area contributed by atoms with Crippen LogP contribution in [0.15, 0.2) is 94.5 Å². The fourth-order valence-corrected chi connectivity index (χ4v) is 6.00. The monoisotopic (exact) mass is 750 g/mol. The molecule has 6 rings (SSSR count). The zero-order valence-corrected chi connectivity index (χ0v) is 26.2. The van der Waals surface area contributed by atoms with E-state index in [4.69, 9.17) is 9.97 Å². The van der Waals surface area contributed by atoms with E-state index >= 15 is 0 Å². The second-order valence-electron chi connectivity index (χ2n) is 9.46. The molecular weight excluding hydrogens is 726 g/mol. The molecule has 0 spiro atoms. The number of aromatic nitrogens is 4. The Hall–Kier alpha value is -3.38. The van der Waals surface area contributed by atoms with Crippen LogP contribution in [0.3, 0.4) is 0 Å². The van der Waals surface area contributed by atoms with Gasteiger partial charge in [0.2, 0.25) is 0 Å². The molecule has 0 saturated heterocycles. The number of aryl methyl sites for hydroxylation is 2. The van der Waals surface area contributed by atoms with E-state index in [1.54, 1.807) is 9.13 Å². The summed E-state index contributed by atoms with van der Waals surface area (Å²) in [6.45, 7) is 4.02. The molecule has 6 nitrogen and oxygen atoms in total. The summed E-state index contributed by atoms with van der Waals surface area (Å²) in [4.78, 5) is 36.4. The molecule has 0 aliphatic heterocycles. The van der Waals surface area contributed by atoms with E-state index in [-0.39, 0.29) is 11.1 Å². The molecule has 0 bridgehead atoms. The summed E-state index contributed by atoms with van der Waals surface area (Å²) >= 11 is 4.43. The Labute approximate surface area is 258 Å². The normalized spacial score (nSPS) is 11.4. The van der Waals surface area contributed by atoms with Crippen LogP contribution in [0.4, 0.5) is 0 Å². The molecule has 0 unspecified atom stereocenters. The summed E-state index contributed by atoms with van der Waals surface area (Å²) in [6, 6.07) is 27.4. The largest absolute Gasteiger partial charge is 0.268 e. The lowest BCUT2D eigenvalue weighted by Crippen LogP contribution is -2.23. The van der Waals surface area contributed by atoms with Crippen LogP contribution >= 0.6 is 45.2 Å². The van der Waals surface area contributed by atoms with Gasteiger partial charge in [-0.2, -0.15) is 0 Å². The molecular formula is C32H24I2N4O2. The van der Waals surface area contributed by atoms with Crippen molar-refractivity contribution >= 4 is 67.0 Å². The van der Waals surface area contributed by atoms with Gasteiger partial charge in [0, 0.05) is 20.0 Å². The quantitative estimate of drug-likeness (QED) is 0.177. The van der Waals surface area contributed by atoms with Gasteiger partial charge in [-0.3, -0.25) is 18.7 Å². The van der Waals surface area contributed by atoms with Crippen LogP contribution < -0.4 is 11.1 Å². The number of hydrogen-bond donors (Lipinski definition) is 0. The van der Waals surface area contributed by atoms with Crippen molar-refractivity contribution in [3.8, 4) is 22.5 Å². The summed E-state index contributed by atoms with van der Waals surface area (Å²) in [7, 11) is 0. The minimum absolute atomic E-state index is 0.0617. The average molecular weight is 750 g/mol. The molecule has 0 radical (unpaired) electrons. The van der Waals surface area contributed by atoms with Crippen molar-refractivity contribution in [1.82, 2.24) is 19.1 Å². The Balaban J connectivity index is 1.37. The van der Waals surface area contributed by atoms with Crippen LogP contribution in [0.5, 0.6) is 0 Å². The third kappa shape index (κ3) is 4.77. The fraction of sp³-hybridized carbons (Fsp3) is 0.125. The number of fused-ring (bicyclic) bond motifs is 2. The minimum atomic E-state index is -0.0617. The molecule has 8 heteroatoms. The van der Waals surface area contributed by atoms with Gasteiger partial charge in [0.25, 0.3) is 11.1 Å². The molecule has 40 heavy (non-hydrogen) atoms. The third-order valence-electron chi connectivity index (χ3n) is 7.02. The Morgan fingerprint density at radius 1 is 0.575 bits per heavy atom. The summed E-state index contributed by atoms with van der Waals surface area (Å²) in [6.07, 6.45) is 1.28. The molecule has 6 aromatic rings. The van der Waals surface area contributed by atoms with Crippen LogP contribution in [0.1, 0.15) is 25.5 Å². The lowest BCUT2D eigenvalue weighted by atomic mass is 10.0. The van der Waals surface area contributed by atoms with E-state index in [2.05, 4.69) is 45.2 Å². The van der Waals surface area contributed by atoms with E-state index in [0.717, 1.165) is 52.3 Å². The molecule has 0 N–H and O–H groups in total. The first kappa shape index (κ1) is 26.8. The molecule has 2 aromatic heterocycles.